The first-order valence-corrected chi connectivity index (χ1v) is 12.0. The van der Waals surface area contributed by atoms with Gasteiger partial charge < -0.3 is 20.5 Å². The number of para-hydroxylation sites is 1. The lowest BCUT2D eigenvalue weighted by molar-refractivity contribution is 0.176. The molecule has 3 rings (SSSR count). The summed E-state index contributed by atoms with van der Waals surface area (Å²) in [5.41, 5.74) is 6.08. The Bertz CT molecular complexity index is 1430. The normalized spacial score (nSPS) is 11.2. The van der Waals surface area contributed by atoms with Gasteiger partial charge in [0.05, 0.1) is 41.1 Å². The van der Waals surface area contributed by atoms with Crippen molar-refractivity contribution in [1.29, 1.82) is 0 Å². The van der Waals surface area contributed by atoms with Crippen molar-refractivity contribution in [2.75, 3.05) is 24.4 Å². The molecule has 0 fully saturated rings. The summed E-state index contributed by atoms with van der Waals surface area (Å²) in [5, 5.41) is 4.87. The van der Waals surface area contributed by atoms with E-state index < -0.39 is 34.0 Å². The van der Waals surface area contributed by atoms with Gasteiger partial charge in [0.2, 0.25) is 15.8 Å². The lowest BCUT2D eigenvalue weighted by atomic mass is 10.2. The van der Waals surface area contributed by atoms with E-state index in [2.05, 4.69) is 25.1 Å². The number of carbonyl (C=O) groups is 3. The van der Waals surface area contributed by atoms with E-state index in [9.17, 15) is 22.8 Å². The van der Waals surface area contributed by atoms with Crippen molar-refractivity contribution < 1.29 is 32.3 Å². The molecular formula is C24H23N5O7S. The molecule has 4 N–H and O–H groups in total. The molecule has 13 heteroatoms. The van der Waals surface area contributed by atoms with Gasteiger partial charge in [0.1, 0.15) is 0 Å². The van der Waals surface area contributed by atoms with E-state index >= 15 is 0 Å². The molecular weight excluding hydrogens is 502 g/mol. The van der Waals surface area contributed by atoms with E-state index in [-0.39, 0.29) is 21.2 Å². The number of methoxy groups -OCH3 is 2. The molecule has 3 aromatic carbocycles. The number of urea groups is 1. The minimum Gasteiger partial charge on any atom is -0.453 e. The highest BCUT2D eigenvalue weighted by Gasteiger charge is 2.24. The molecule has 0 radical (unpaired) electrons. The number of nitrogens with two attached hydrogens (primary N) is 1. The molecule has 0 unspecified atom stereocenters. The Morgan fingerprint density at radius 3 is 2.05 bits per heavy atom. The van der Waals surface area contributed by atoms with Crippen LogP contribution < -0.4 is 21.3 Å². The fourth-order valence-electron chi connectivity index (χ4n) is 3.17. The van der Waals surface area contributed by atoms with Gasteiger partial charge in [-0.25, -0.2) is 22.8 Å². The molecule has 0 atom stereocenters. The molecule has 0 spiro atoms. The molecule has 0 saturated heterocycles. The van der Waals surface area contributed by atoms with Gasteiger partial charge in [0, 0.05) is 0 Å². The standard InChI is InChI=1S/C24H23N5O7S/c1-35-23(31)27-22(28-24(32)36-2)26-19-15-18(37(33,34)17-11-7-4-8-12-17)13-14-20(19)29(21(25)30)16-9-5-3-6-10-16/h3-15H,1-2H3,(H2,25,30)(H2,26,27,28,31,32). The van der Waals surface area contributed by atoms with Crippen LogP contribution in [0, 0.1) is 0 Å². The first-order chi connectivity index (χ1) is 17.7. The first-order valence-electron chi connectivity index (χ1n) is 10.5. The molecule has 0 bridgehead atoms. The van der Waals surface area contributed by atoms with Crippen LogP contribution >= 0.6 is 0 Å². The number of rotatable bonds is 5. The Balaban J connectivity index is 2.22. The zero-order valence-corrected chi connectivity index (χ0v) is 20.6. The predicted octanol–water partition coefficient (Wildman–Crippen LogP) is 3.63. The fraction of sp³-hybridized carbons (Fsp3) is 0.0833. The molecule has 4 amide bonds. The Labute approximate surface area is 212 Å². The van der Waals surface area contributed by atoms with Crippen molar-refractivity contribution in [3.63, 3.8) is 0 Å². The second-order valence-electron chi connectivity index (χ2n) is 7.18. The molecule has 0 aliphatic rings. The largest absolute Gasteiger partial charge is 0.453 e. The maximum atomic E-state index is 13.3. The minimum atomic E-state index is -4.00. The summed E-state index contributed by atoms with van der Waals surface area (Å²) in [4.78, 5) is 40.7. The number of hydrogen-bond acceptors (Lipinski definition) is 7. The summed E-state index contributed by atoms with van der Waals surface area (Å²) < 4.78 is 35.6. The minimum absolute atomic E-state index is 0.0275. The average molecular weight is 526 g/mol. The number of aliphatic imine (C=N–C) groups is 1. The highest BCUT2D eigenvalue weighted by molar-refractivity contribution is 7.91. The van der Waals surface area contributed by atoms with Gasteiger partial charge in [-0.05, 0) is 42.5 Å². The van der Waals surface area contributed by atoms with Gasteiger partial charge in [-0.3, -0.25) is 10.2 Å². The monoisotopic (exact) mass is 525 g/mol. The van der Waals surface area contributed by atoms with E-state index in [0.29, 0.717) is 5.69 Å². The summed E-state index contributed by atoms with van der Waals surface area (Å²) in [6, 6.07) is 19.0. The molecule has 192 valence electrons. The van der Waals surface area contributed by atoms with E-state index in [1.54, 1.807) is 48.5 Å². The molecule has 0 saturated carbocycles. The molecule has 0 aliphatic heterocycles. The van der Waals surface area contributed by atoms with Crippen molar-refractivity contribution in [3.05, 3.63) is 78.9 Å². The van der Waals surface area contributed by atoms with Crippen LogP contribution in [0.15, 0.2) is 93.6 Å². The van der Waals surface area contributed by atoms with E-state index in [4.69, 9.17) is 5.73 Å². The Morgan fingerprint density at radius 2 is 1.49 bits per heavy atom. The zero-order valence-electron chi connectivity index (χ0n) is 19.7. The van der Waals surface area contributed by atoms with Gasteiger partial charge in [-0.15, -0.1) is 4.99 Å². The second kappa shape index (κ2) is 11.7. The van der Waals surface area contributed by atoms with Gasteiger partial charge >= 0.3 is 18.2 Å². The van der Waals surface area contributed by atoms with Crippen LogP contribution in [0.2, 0.25) is 0 Å². The van der Waals surface area contributed by atoms with Crippen LogP contribution in [0.5, 0.6) is 0 Å². The number of carbonyl (C=O) groups excluding carboxylic acids is 3. The van der Waals surface area contributed by atoms with Gasteiger partial charge in [0.15, 0.2) is 0 Å². The maximum Gasteiger partial charge on any atom is 0.436 e. The number of primary amides is 1. The summed E-state index contributed by atoms with van der Waals surface area (Å²) in [6.07, 6.45) is -2.07. The van der Waals surface area contributed by atoms with Crippen molar-refractivity contribution >= 4 is 51.1 Å². The van der Waals surface area contributed by atoms with E-state index in [1.165, 1.54) is 30.3 Å². The van der Waals surface area contributed by atoms with Crippen LogP contribution in [0.25, 0.3) is 0 Å². The summed E-state index contributed by atoms with van der Waals surface area (Å²) in [6.45, 7) is 0. The third-order valence-corrected chi connectivity index (χ3v) is 6.61. The molecule has 0 aliphatic carbocycles. The second-order valence-corrected chi connectivity index (χ2v) is 9.13. The number of amides is 4. The van der Waals surface area contributed by atoms with Crippen molar-refractivity contribution in [1.82, 2.24) is 5.32 Å². The number of sulfone groups is 1. The smallest absolute Gasteiger partial charge is 0.436 e. The molecule has 37 heavy (non-hydrogen) atoms. The van der Waals surface area contributed by atoms with E-state index in [0.717, 1.165) is 19.1 Å². The van der Waals surface area contributed by atoms with Crippen LogP contribution in [0.3, 0.4) is 0 Å². The average Bonchev–Trinajstić information content (AvgIpc) is 2.90. The Hall–Kier alpha value is -4.91. The third kappa shape index (κ3) is 6.41. The van der Waals surface area contributed by atoms with E-state index in [1.807, 2.05) is 0 Å². The van der Waals surface area contributed by atoms with Gasteiger partial charge in [0.25, 0.3) is 0 Å². The molecule has 12 nitrogen and oxygen atoms in total. The number of benzene rings is 3. The number of nitrogens with one attached hydrogen (secondary N) is 2. The van der Waals surface area contributed by atoms with Crippen molar-refractivity contribution in [3.8, 4) is 0 Å². The lowest BCUT2D eigenvalue weighted by Crippen LogP contribution is -2.38. The quantitative estimate of drug-likeness (QED) is 0.335. The molecule has 0 heterocycles. The highest BCUT2D eigenvalue weighted by Crippen LogP contribution is 2.35. The number of nitrogens with zero attached hydrogens (tertiary/aromatic N) is 2. The lowest BCUT2D eigenvalue weighted by Gasteiger charge is -2.24. The van der Waals surface area contributed by atoms with Crippen LogP contribution in [0.1, 0.15) is 0 Å². The predicted molar refractivity (Wildman–Crippen MR) is 136 cm³/mol. The maximum absolute atomic E-state index is 13.3. The topological polar surface area (TPSA) is 169 Å². The number of anilines is 3. The Kier molecular flexibility index (Phi) is 8.43. The number of ether oxygens (including phenoxy) is 2. The number of guanidine groups is 1. The number of alkyl carbamates (subject to hydrolysis) is 1. The first kappa shape index (κ1) is 26.7. The highest BCUT2D eigenvalue weighted by atomic mass is 32.2. The van der Waals surface area contributed by atoms with Crippen molar-refractivity contribution in [2.45, 2.75) is 9.79 Å². The van der Waals surface area contributed by atoms with Crippen LogP contribution in [-0.4, -0.2) is 46.8 Å². The van der Waals surface area contributed by atoms with Crippen LogP contribution in [-0.2, 0) is 19.3 Å². The van der Waals surface area contributed by atoms with Gasteiger partial charge in [-0.1, -0.05) is 36.4 Å². The summed E-state index contributed by atoms with van der Waals surface area (Å²) in [5.74, 6) is -0.466. The van der Waals surface area contributed by atoms with Crippen molar-refractivity contribution in [2.24, 2.45) is 10.7 Å². The number of hydrogen-bond donors (Lipinski definition) is 3. The fourth-order valence-corrected chi connectivity index (χ4v) is 4.48. The van der Waals surface area contributed by atoms with Gasteiger partial charge in [-0.2, -0.15) is 0 Å². The molecule has 3 aromatic rings. The summed E-state index contributed by atoms with van der Waals surface area (Å²) in [7, 11) is -1.83. The van der Waals surface area contributed by atoms with Crippen LogP contribution in [0.4, 0.5) is 31.4 Å². The molecule has 0 aromatic heterocycles. The zero-order chi connectivity index (χ0) is 27.0. The Morgan fingerprint density at radius 1 is 0.865 bits per heavy atom. The summed E-state index contributed by atoms with van der Waals surface area (Å²) >= 11 is 0. The SMILES string of the molecule is COC(=O)N=C(NC(=O)OC)Nc1cc(S(=O)(=O)c2ccccc2)ccc1N(C(N)=O)c1ccccc1. The third-order valence-electron chi connectivity index (χ3n) is 4.84.